The van der Waals surface area contributed by atoms with Crippen LogP contribution in [0.2, 0.25) is 0 Å². The average molecular weight is 315 g/mol. The van der Waals surface area contributed by atoms with E-state index in [0.29, 0.717) is 19.0 Å². The number of carbonyl (C=O) groups excluding carboxylic acids is 1. The number of hydrogen-bond donors (Lipinski definition) is 5. The zero-order valence-corrected chi connectivity index (χ0v) is 12.9. The number of rotatable bonds is 2. The van der Waals surface area contributed by atoms with Crippen LogP contribution in [0.1, 0.15) is 13.3 Å². The first-order valence-electron chi connectivity index (χ1n) is 7.46. The molecule has 0 bridgehead atoms. The summed E-state index contributed by atoms with van der Waals surface area (Å²) in [6.45, 7) is 4.42. The van der Waals surface area contributed by atoms with Gasteiger partial charge in [-0.3, -0.25) is 10.1 Å². The number of nitrogens with two attached hydrogens (primary N) is 1. The fourth-order valence-corrected chi connectivity index (χ4v) is 3.38. The Bertz CT molecular complexity index is 444. The van der Waals surface area contributed by atoms with Crippen LogP contribution in [-0.4, -0.2) is 48.3 Å². The number of hydrazine groups is 1. The van der Waals surface area contributed by atoms with Crippen molar-refractivity contribution in [3.8, 4) is 0 Å². The van der Waals surface area contributed by atoms with Gasteiger partial charge in [-0.15, -0.1) is 11.6 Å². The third-order valence-electron chi connectivity index (χ3n) is 4.40. The van der Waals surface area contributed by atoms with E-state index < -0.39 is 6.17 Å². The van der Waals surface area contributed by atoms with Gasteiger partial charge in [-0.05, 0) is 12.3 Å². The molecule has 0 aliphatic carbocycles. The van der Waals surface area contributed by atoms with Crippen molar-refractivity contribution < 1.29 is 4.79 Å². The fourth-order valence-electron chi connectivity index (χ4n) is 3.14. The Morgan fingerprint density at radius 1 is 1.57 bits per heavy atom. The standard InChI is InChI=1S/C13H23ClN6O/c1-7-2-3-16-5-9(7)18-13(21)10-11(15)19-20-6-8(14)4-17-12(10)20/h5,7-8,10-12,16-17,19H,2-4,6,15H2,1H3,(H,18,21). The van der Waals surface area contributed by atoms with Gasteiger partial charge in [-0.2, -0.15) is 0 Å². The minimum absolute atomic E-state index is 0.0213. The van der Waals surface area contributed by atoms with Gasteiger partial charge in [0.1, 0.15) is 0 Å². The molecule has 0 aromatic rings. The van der Waals surface area contributed by atoms with Crippen molar-refractivity contribution in [1.82, 2.24) is 26.4 Å². The fraction of sp³-hybridized carbons (Fsp3) is 0.769. The highest BCUT2D eigenvalue weighted by Crippen LogP contribution is 2.23. The quantitative estimate of drug-likeness (QED) is 0.412. The molecular weight excluding hydrogens is 292 g/mol. The Labute approximate surface area is 129 Å². The van der Waals surface area contributed by atoms with E-state index in [4.69, 9.17) is 17.3 Å². The Kier molecular flexibility index (Phi) is 4.37. The summed E-state index contributed by atoms with van der Waals surface area (Å²) in [5, 5.41) is 11.4. The SMILES string of the molecule is CC1CCNC=C1NC(=O)C1C(N)NN2CC(Cl)CNC12. The lowest BCUT2D eigenvalue weighted by Crippen LogP contribution is -2.58. The molecule has 5 unspecified atom stereocenters. The predicted molar refractivity (Wildman–Crippen MR) is 80.7 cm³/mol. The maximum Gasteiger partial charge on any atom is 0.233 e. The monoisotopic (exact) mass is 314 g/mol. The number of amides is 1. The molecule has 7 nitrogen and oxygen atoms in total. The van der Waals surface area contributed by atoms with E-state index in [-0.39, 0.29) is 23.4 Å². The van der Waals surface area contributed by atoms with E-state index in [9.17, 15) is 4.79 Å². The van der Waals surface area contributed by atoms with E-state index in [1.807, 2.05) is 11.2 Å². The third kappa shape index (κ3) is 3.02. The van der Waals surface area contributed by atoms with Crippen LogP contribution in [0, 0.1) is 11.8 Å². The molecule has 0 spiro atoms. The molecule has 1 amide bonds. The summed E-state index contributed by atoms with van der Waals surface area (Å²) in [4.78, 5) is 12.6. The Morgan fingerprint density at radius 2 is 2.38 bits per heavy atom. The van der Waals surface area contributed by atoms with Gasteiger partial charge in [0.2, 0.25) is 5.91 Å². The number of halogens is 1. The first-order chi connectivity index (χ1) is 10.1. The van der Waals surface area contributed by atoms with Crippen molar-refractivity contribution >= 4 is 17.5 Å². The van der Waals surface area contributed by atoms with Crippen LogP contribution in [0.5, 0.6) is 0 Å². The Balaban J connectivity index is 1.68. The van der Waals surface area contributed by atoms with E-state index in [2.05, 4.69) is 28.3 Å². The van der Waals surface area contributed by atoms with Crippen molar-refractivity contribution in [3.05, 3.63) is 11.9 Å². The van der Waals surface area contributed by atoms with Crippen LogP contribution in [0.4, 0.5) is 0 Å². The molecule has 0 radical (unpaired) electrons. The van der Waals surface area contributed by atoms with Gasteiger partial charge in [-0.1, -0.05) is 6.92 Å². The molecule has 3 aliphatic heterocycles. The average Bonchev–Trinajstić information content (AvgIpc) is 2.76. The van der Waals surface area contributed by atoms with Crippen LogP contribution in [0.25, 0.3) is 0 Å². The van der Waals surface area contributed by atoms with Crippen molar-refractivity contribution in [3.63, 3.8) is 0 Å². The van der Waals surface area contributed by atoms with Gasteiger partial charge in [0, 0.05) is 31.5 Å². The lowest BCUT2D eigenvalue weighted by atomic mass is 9.98. The van der Waals surface area contributed by atoms with E-state index in [1.165, 1.54) is 0 Å². The van der Waals surface area contributed by atoms with Crippen LogP contribution in [0.15, 0.2) is 11.9 Å². The number of alkyl halides is 1. The molecular formula is C13H23ClN6O. The first kappa shape index (κ1) is 15.1. The second-order valence-electron chi connectivity index (χ2n) is 6.02. The summed E-state index contributed by atoms with van der Waals surface area (Å²) < 4.78 is 0. The summed E-state index contributed by atoms with van der Waals surface area (Å²) in [5.41, 5.74) is 10.2. The third-order valence-corrected chi connectivity index (χ3v) is 4.69. The number of nitrogens with zero attached hydrogens (tertiary/aromatic N) is 1. The Hall–Kier alpha value is -0.860. The predicted octanol–water partition coefficient (Wildman–Crippen LogP) is -1.17. The highest BCUT2D eigenvalue weighted by molar-refractivity contribution is 6.21. The lowest BCUT2D eigenvalue weighted by Gasteiger charge is -2.34. The zero-order valence-electron chi connectivity index (χ0n) is 12.1. The molecule has 0 saturated carbocycles. The first-order valence-corrected chi connectivity index (χ1v) is 7.90. The van der Waals surface area contributed by atoms with Crippen molar-refractivity contribution in [2.24, 2.45) is 17.6 Å². The molecule has 3 aliphatic rings. The molecule has 118 valence electrons. The highest BCUT2D eigenvalue weighted by atomic mass is 35.5. The van der Waals surface area contributed by atoms with Crippen molar-refractivity contribution in [2.75, 3.05) is 19.6 Å². The lowest BCUT2D eigenvalue weighted by molar-refractivity contribution is -0.126. The summed E-state index contributed by atoms with van der Waals surface area (Å²) in [7, 11) is 0. The van der Waals surface area contributed by atoms with Gasteiger partial charge in [0.05, 0.1) is 23.6 Å². The van der Waals surface area contributed by atoms with Crippen molar-refractivity contribution in [2.45, 2.75) is 31.1 Å². The maximum atomic E-state index is 12.6. The number of nitrogens with one attached hydrogen (secondary N) is 4. The molecule has 8 heteroatoms. The summed E-state index contributed by atoms with van der Waals surface area (Å²) in [6.07, 6.45) is 2.39. The largest absolute Gasteiger partial charge is 0.389 e. The minimum atomic E-state index is -0.406. The van der Waals surface area contributed by atoms with E-state index in [1.54, 1.807) is 0 Å². The van der Waals surface area contributed by atoms with Gasteiger partial charge in [-0.25, -0.2) is 10.4 Å². The molecule has 5 atom stereocenters. The van der Waals surface area contributed by atoms with E-state index >= 15 is 0 Å². The molecule has 0 aromatic carbocycles. The van der Waals surface area contributed by atoms with E-state index in [0.717, 1.165) is 18.7 Å². The molecule has 3 heterocycles. The van der Waals surface area contributed by atoms with Gasteiger partial charge >= 0.3 is 0 Å². The van der Waals surface area contributed by atoms with Crippen LogP contribution < -0.4 is 27.1 Å². The maximum absolute atomic E-state index is 12.6. The normalized spacial score (nSPS) is 40.1. The Morgan fingerprint density at radius 3 is 3.14 bits per heavy atom. The van der Waals surface area contributed by atoms with Crippen molar-refractivity contribution in [1.29, 1.82) is 0 Å². The summed E-state index contributed by atoms with van der Waals surface area (Å²) in [6, 6.07) is 0. The molecule has 0 aromatic heterocycles. The number of hydrogen-bond acceptors (Lipinski definition) is 6. The molecule has 6 N–H and O–H groups in total. The zero-order chi connectivity index (χ0) is 15.0. The summed E-state index contributed by atoms with van der Waals surface area (Å²) in [5.74, 6) is -0.0440. The van der Waals surface area contributed by atoms with Gasteiger partial charge in [0.25, 0.3) is 0 Å². The number of fused-ring (bicyclic) bond motifs is 1. The molecule has 2 saturated heterocycles. The smallest absolute Gasteiger partial charge is 0.233 e. The highest BCUT2D eigenvalue weighted by Gasteiger charge is 2.46. The van der Waals surface area contributed by atoms with Gasteiger partial charge < -0.3 is 16.4 Å². The van der Waals surface area contributed by atoms with Gasteiger partial charge in [0.15, 0.2) is 0 Å². The van der Waals surface area contributed by atoms with Crippen LogP contribution in [0.3, 0.4) is 0 Å². The number of carbonyl (C=O) groups is 1. The molecule has 21 heavy (non-hydrogen) atoms. The van der Waals surface area contributed by atoms with Crippen LogP contribution in [-0.2, 0) is 4.79 Å². The topological polar surface area (TPSA) is 94.4 Å². The molecule has 3 rings (SSSR count). The second-order valence-corrected chi connectivity index (χ2v) is 6.63. The minimum Gasteiger partial charge on any atom is -0.389 e. The summed E-state index contributed by atoms with van der Waals surface area (Å²) >= 11 is 6.13. The molecule has 2 fully saturated rings. The second kappa shape index (κ2) is 6.10. The van der Waals surface area contributed by atoms with Crippen LogP contribution >= 0.6 is 11.6 Å². The number of allylic oxidation sites excluding steroid dienone is 1.